The molecule has 4 aromatic rings. The SMILES string of the molecule is Cc1cc2ncccc2cc1Nc1ncc2c(n1)n([C@@H]1CCN(C(=O)O)C[C@@H]1F)c(=O)n2C. The molecule has 11 heteroatoms. The first-order valence-electron chi connectivity index (χ1n) is 10.5. The van der Waals surface area contributed by atoms with Gasteiger partial charge in [0.2, 0.25) is 5.95 Å². The molecule has 1 aliphatic heterocycles. The number of carboxylic acid groups (broad SMARTS) is 1. The molecule has 3 aromatic heterocycles. The number of benzene rings is 1. The van der Waals surface area contributed by atoms with E-state index in [1.807, 2.05) is 31.2 Å². The van der Waals surface area contributed by atoms with Crippen LogP contribution in [-0.2, 0) is 7.05 Å². The number of hydrogen-bond donors (Lipinski definition) is 2. The molecule has 0 aliphatic carbocycles. The van der Waals surface area contributed by atoms with Crippen LogP contribution >= 0.6 is 0 Å². The third-order valence-electron chi connectivity index (χ3n) is 6.14. The van der Waals surface area contributed by atoms with Crippen molar-refractivity contribution in [3.05, 3.63) is 52.7 Å². The van der Waals surface area contributed by atoms with Crippen molar-refractivity contribution in [2.24, 2.45) is 7.05 Å². The molecular weight excluding hydrogens is 429 g/mol. The Labute approximate surface area is 187 Å². The standard InChI is InChI=1S/C22H22FN7O3/c1-12-8-16-13(4-3-6-24-16)9-15(12)26-20-25-10-18-19(27-20)30(21(31)28(18)2)17-5-7-29(22(32)33)11-14(17)23/h3-4,6,8-10,14,17H,5,7,11H2,1-2H3,(H,32,33)(H,25,26,27)/t14-,17+/m0/s1. The molecule has 0 spiro atoms. The van der Waals surface area contributed by atoms with Crippen LogP contribution in [-0.4, -0.2) is 59.4 Å². The average Bonchev–Trinajstić information content (AvgIpc) is 3.04. The molecular formula is C22H22FN7O3. The summed E-state index contributed by atoms with van der Waals surface area (Å²) in [6, 6.07) is 6.90. The molecule has 1 aromatic carbocycles. The number of piperidine rings is 1. The van der Waals surface area contributed by atoms with Crippen LogP contribution in [0.3, 0.4) is 0 Å². The number of imidazole rings is 1. The van der Waals surface area contributed by atoms with Crippen LogP contribution in [0.15, 0.2) is 41.5 Å². The Morgan fingerprint density at radius 2 is 2.12 bits per heavy atom. The highest BCUT2D eigenvalue weighted by Gasteiger charge is 2.35. The average molecular weight is 451 g/mol. The second-order valence-electron chi connectivity index (χ2n) is 8.20. The van der Waals surface area contributed by atoms with E-state index in [2.05, 4.69) is 20.3 Å². The van der Waals surface area contributed by atoms with Gasteiger partial charge in [0.05, 0.1) is 24.3 Å². The second kappa shape index (κ2) is 7.84. The van der Waals surface area contributed by atoms with Gasteiger partial charge < -0.3 is 15.3 Å². The molecule has 2 N–H and O–H groups in total. The maximum Gasteiger partial charge on any atom is 0.407 e. The van der Waals surface area contributed by atoms with Crippen LogP contribution in [0.2, 0.25) is 0 Å². The second-order valence-corrected chi connectivity index (χ2v) is 8.20. The number of halogens is 1. The van der Waals surface area contributed by atoms with Gasteiger partial charge in [-0.15, -0.1) is 0 Å². The monoisotopic (exact) mass is 451 g/mol. The number of carbonyl (C=O) groups is 1. The van der Waals surface area contributed by atoms with E-state index in [1.165, 1.54) is 15.3 Å². The lowest BCUT2D eigenvalue weighted by atomic mass is 10.0. The number of likely N-dealkylation sites (tertiary alicyclic amines) is 1. The summed E-state index contributed by atoms with van der Waals surface area (Å²) in [5.74, 6) is 0.270. The van der Waals surface area contributed by atoms with Gasteiger partial charge in [-0.25, -0.2) is 19.0 Å². The van der Waals surface area contributed by atoms with Crippen molar-refractivity contribution in [1.82, 2.24) is 29.0 Å². The Bertz CT molecular complexity index is 1450. The Balaban J connectivity index is 1.54. The minimum atomic E-state index is -1.53. The normalized spacial score (nSPS) is 18.7. The minimum absolute atomic E-state index is 0.143. The number of pyridine rings is 1. The van der Waals surface area contributed by atoms with E-state index in [0.717, 1.165) is 27.1 Å². The third kappa shape index (κ3) is 3.55. The van der Waals surface area contributed by atoms with E-state index in [4.69, 9.17) is 5.11 Å². The Morgan fingerprint density at radius 3 is 2.88 bits per heavy atom. The first-order chi connectivity index (χ1) is 15.8. The largest absolute Gasteiger partial charge is 0.465 e. The number of aromatic nitrogens is 5. The Morgan fingerprint density at radius 1 is 1.30 bits per heavy atom. The van der Waals surface area contributed by atoms with Crippen molar-refractivity contribution < 1.29 is 14.3 Å². The van der Waals surface area contributed by atoms with Gasteiger partial charge in [0, 0.05) is 30.9 Å². The van der Waals surface area contributed by atoms with E-state index in [-0.39, 0.29) is 25.5 Å². The number of nitrogens with one attached hydrogen (secondary N) is 1. The van der Waals surface area contributed by atoms with E-state index in [0.29, 0.717) is 11.2 Å². The minimum Gasteiger partial charge on any atom is -0.465 e. The van der Waals surface area contributed by atoms with Crippen LogP contribution in [0.25, 0.3) is 22.1 Å². The quantitative estimate of drug-likeness (QED) is 0.492. The summed E-state index contributed by atoms with van der Waals surface area (Å²) in [4.78, 5) is 38.4. The summed E-state index contributed by atoms with van der Waals surface area (Å²) in [6.07, 6.45) is 0.742. The van der Waals surface area contributed by atoms with Gasteiger partial charge >= 0.3 is 11.8 Å². The van der Waals surface area contributed by atoms with Crippen molar-refractivity contribution in [3.63, 3.8) is 0 Å². The fourth-order valence-electron chi connectivity index (χ4n) is 4.33. The Hall–Kier alpha value is -4.02. The zero-order valence-electron chi connectivity index (χ0n) is 18.1. The first-order valence-corrected chi connectivity index (χ1v) is 10.5. The van der Waals surface area contributed by atoms with Gasteiger partial charge in [-0.2, -0.15) is 4.98 Å². The van der Waals surface area contributed by atoms with Gasteiger partial charge in [-0.1, -0.05) is 6.07 Å². The summed E-state index contributed by atoms with van der Waals surface area (Å²) >= 11 is 0. The molecule has 1 amide bonds. The number of aryl methyl sites for hydroxylation is 2. The summed E-state index contributed by atoms with van der Waals surface area (Å²) in [5, 5.41) is 13.3. The summed E-state index contributed by atoms with van der Waals surface area (Å²) in [6.45, 7) is 1.80. The first kappa shape index (κ1) is 20.9. The van der Waals surface area contributed by atoms with E-state index >= 15 is 0 Å². The highest BCUT2D eigenvalue weighted by Crippen LogP contribution is 2.29. The fraction of sp³-hybridized carbons (Fsp3) is 0.318. The van der Waals surface area contributed by atoms with Gasteiger partial charge in [0.1, 0.15) is 11.7 Å². The molecule has 0 unspecified atom stereocenters. The van der Waals surface area contributed by atoms with Crippen LogP contribution < -0.4 is 11.0 Å². The molecule has 1 fully saturated rings. The molecule has 4 heterocycles. The predicted molar refractivity (Wildman–Crippen MR) is 121 cm³/mol. The lowest BCUT2D eigenvalue weighted by Gasteiger charge is -2.33. The van der Waals surface area contributed by atoms with Crippen molar-refractivity contribution in [3.8, 4) is 0 Å². The fourth-order valence-corrected chi connectivity index (χ4v) is 4.33. The molecule has 0 radical (unpaired) electrons. The summed E-state index contributed by atoms with van der Waals surface area (Å²) in [5.41, 5.74) is 2.96. The Kier molecular flexibility index (Phi) is 4.95. The van der Waals surface area contributed by atoms with Crippen molar-refractivity contribution in [1.29, 1.82) is 0 Å². The third-order valence-corrected chi connectivity index (χ3v) is 6.14. The van der Waals surface area contributed by atoms with E-state index in [9.17, 15) is 14.0 Å². The zero-order chi connectivity index (χ0) is 23.3. The molecule has 2 atom stereocenters. The maximum absolute atomic E-state index is 15.0. The van der Waals surface area contributed by atoms with Crippen LogP contribution in [0, 0.1) is 6.92 Å². The molecule has 5 rings (SSSR count). The summed E-state index contributed by atoms with van der Waals surface area (Å²) < 4.78 is 17.7. The van der Waals surface area contributed by atoms with Crippen LogP contribution in [0.1, 0.15) is 18.0 Å². The van der Waals surface area contributed by atoms with Crippen molar-refractivity contribution in [2.75, 3.05) is 18.4 Å². The van der Waals surface area contributed by atoms with Crippen LogP contribution in [0.4, 0.5) is 20.8 Å². The number of nitrogens with zero attached hydrogens (tertiary/aromatic N) is 6. The lowest BCUT2D eigenvalue weighted by molar-refractivity contribution is 0.0793. The number of fused-ring (bicyclic) bond motifs is 2. The topological polar surface area (TPSA) is 118 Å². The molecule has 0 bridgehead atoms. The molecule has 10 nitrogen and oxygen atoms in total. The predicted octanol–water partition coefficient (Wildman–Crippen LogP) is 2.99. The number of rotatable bonds is 3. The van der Waals surface area contributed by atoms with Crippen LogP contribution in [0.5, 0.6) is 0 Å². The molecule has 33 heavy (non-hydrogen) atoms. The molecule has 1 saturated heterocycles. The number of alkyl halides is 1. The van der Waals surface area contributed by atoms with Gasteiger partial charge in [0.25, 0.3) is 0 Å². The van der Waals surface area contributed by atoms with Gasteiger partial charge in [-0.3, -0.25) is 14.1 Å². The number of amides is 1. The summed E-state index contributed by atoms with van der Waals surface area (Å²) in [7, 11) is 1.58. The molecule has 0 saturated carbocycles. The highest BCUT2D eigenvalue weighted by atomic mass is 19.1. The molecule has 1 aliphatic rings. The van der Waals surface area contributed by atoms with Crippen molar-refractivity contribution in [2.45, 2.75) is 25.6 Å². The van der Waals surface area contributed by atoms with Crippen molar-refractivity contribution >= 4 is 39.8 Å². The van der Waals surface area contributed by atoms with E-state index < -0.39 is 24.0 Å². The lowest BCUT2D eigenvalue weighted by Crippen LogP contribution is -2.46. The van der Waals surface area contributed by atoms with E-state index in [1.54, 1.807) is 13.2 Å². The number of anilines is 2. The van der Waals surface area contributed by atoms with Gasteiger partial charge in [-0.05, 0) is 37.1 Å². The maximum atomic E-state index is 15.0. The smallest absolute Gasteiger partial charge is 0.407 e. The highest BCUT2D eigenvalue weighted by molar-refractivity contribution is 5.85. The molecule has 170 valence electrons. The van der Waals surface area contributed by atoms with Gasteiger partial charge in [0.15, 0.2) is 5.65 Å². The zero-order valence-corrected chi connectivity index (χ0v) is 18.1. The number of hydrogen-bond acceptors (Lipinski definition) is 6.